The number of thiophene rings is 1. The zero-order valence-corrected chi connectivity index (χ0v) is 27.1. The third-order valence-electron chi connectivity index (χ3n) is 9.38. The summed E-state index contributed by atoms with van der Waals surface area (Å²) >= 11 is 1.85. The molecule has 4 heterocycles. The zero-order chi connectivity index (χ0) is 32.3. The summed E-state index contributed by atoms with van der Waals surface area (Å²) in [5, 5.41) is 5.89. The van der Waals surface area contributed by atoms with Crippen molar-refractivity contribution >= 4 is 81.4 Å². The highest BCUT2D eigenvalue weighted by molar-refractivity contribution is 7.25. The van der Waals surface area contributed by atoms with Gasteiger partial charge >= 0.3 is 0 Å². The van der Waals surface area contributed by atoms with Gasteiger partial charge in [0.2, 0.25) is 0 Å². The molecule has 0 N–H and O–H groups in total. The summed E-state index contributed by atoms with van der Waals surface area (Å²) in [5.74, 6) is 0. The molecule has 4 nitrogen and oxygen atoms in total. The first-order valence-corrected chi connectivity index (χ1v) is 17.1. The second kappa shape index (κ2) is 11.2. The quantitative estimate of drug-likeness (QED) is 0.187. The molecule has 0 saturated carbocycles. The molecule has 0 radical (unpaired) electrons. The van der Waals surface area contributed by atoms with Crippen LogP contribution in [0.25, 0.3) is 75.4 Å². The molecule has 10 aromatic rings. The molecule has 0 fully saturated rings. The highest BCUT2D eigenvalue weighted by atomic mass is 32.1. The Morgan fingerprint density at radius 1 is 0.469 bits per heavy atom. The summed E-state index contributed by atoms with van der Waals surface area (Å²) in [7, 11) is 0. The van der Waals surface area contributed by atoms with Gasteiger partial charge in [0, 0.05) is 53.8 Å². The van der Waals surface area contributed by atoms with Crippen molar-refractivity contribution in [3.05, 3.63) is 164 Å². The molecule has 0 aliphatic rings. The van der Waals surface area contributed by atoms with Crippen molar-refractivity contribution in [3.8, 4) is 22.4 Å². The normalized spacial score (nSPS) is 11.7. The monoisotopic (exact) mass is 645 g/mol. The first-order chi connectivity index (χ1) is 24.3. The second-order valence-electron chi connectivity index (χ2n) is 12.2. The van der Waals surface area contributed by atoms with Gasteiger partial charge < -0.3 is 9.32 Å². The maximum absolute atomic E-state index is 6.06. The topological polar surface area (TPSA) is 42.2 Å². The molecule has 10 rings (SSSR count). The van der Waals surface area contributed by atoms with Gasteiger partial charge in [0.15, 0.2) is 0 Å². The van der Waals surface area contributed by atoms with E-state index in [4.69, 9.17) is 9.40 Å². The molecule has 4 aromatic heterocycles. The van der Waals surface area contributed by atoms with E-state index < -0.39 is 0 Å². The lowest BCUT2D eigenvalue weighted by atomic mass is 10.0. The van der Waals surface area contributed by atoms with Crippen LogP contribution in [0.1, 0.15) is 0 Å². The zero-order valence-electron chi connectivity index (χ0n) is 26.2. The van der Waals surface area contributed by atoms with E-state index in [1.54, 1.807) is 0 Å². The number of aromatic nitrogens is 2. The fourth-order valence-electron chi connectivity index (χ4n) is 6.99. The van der Waals surface area contributed by atoms with E-state index in [9.17, 15) is 0 Å². The maximum Gasteiger partial charge on any atom is 0.135 e. The Morgan fingerprint density at radius 3 is 2.10 bits per heavy atom. The van der Waals surface area contributed by atoms with Gasteiger partial charge in [-0.25, -0.2) is 0 Å². The Bertz CT molecular complexity index is 2670. The summed E-state index contributed by atoms with van der Waals surface area (Å²) in [4.78, 5) is 11.9. The molecule has 0 aliphatic carbocycles. The first kappa shape index (κ1) is 27.8. The number of hydrogen-bond acceptors (Lipinski definition) is 5. The Kier molecular flexibility index (Phi) is 6.32. The largest absolute Gasteiger partial charge is 0.456 e. The molecule has 6 aromatic carbocycles. The Hall–Kier alpha value is -6.30. The molecule has 0 spiro atoms. The highest BCUT2D eigenvalue weighted by Crippen LogP contribution is 2.41. The number of furan rings is 1. The van der Waals surface area contributed by atoms with Crippen LogP contribution in [0.15, 0.2) is 168 Å². The third kappa shape index (κ3) is 4.66. The van der Waals surface area contributed by atoms with Crippen molar-refractivity contribution in [3.63, 3.8) is 0 Å². The number of nitrogens with zero attached hydrogens (tertiary/aromatic N) is 3. The number of anilines is 3. The van der Waals surface area contributed by atoms with Gasteiger partial charge in [0.05, 0.1) is 28.8 Å². The van der Waals surface area contributed by atoms with Crippen molar-refractivity contribution < 1.29 is 4.42 Å². The third-order valence-corrected chi connectivity index (χ3v) is 10.5. The summed E-state index contributed by atoms with van der Waals surface area (Å²) in [6, 6.07) is 53.4. The predicted molar refractivity (Wildman–Crippen MR) is 205 cm³/mol. The standard InChI is InChI=1S/C44H27N3OS/c1-3-12-41-33(7-1)36-26-30(16-22-42(36)48-41)38-21-20-32(27-46-38)47(40-11-5-10-39-35(40)9-6-24-45-39)31-18-14-28(15-19-31)29-17-23-44-37(25-29)34-8-2-4-13-43(34)49-44/h1-27H. The van der Waals surface area contributed by atoms with Crippen molar-refractivity contribution in [2.45, 2.75) is 0 Å². The van der Waals surface area contributed by atoms with Crippen molar-refractivity contribution in [2.75, 3.05) is 4.90 Å². The van der Waals surface area contributed by atoms with Crippen LogP contribution >= 0.6 is 11.3 Å². The van der Waals surface area contributed by atoms with E-state index in [-0.39, 0.29) is 0 Å². The van der Waals surface area contributed by atoms with Crippen LogP contribution in [0.2, 0.25) is 0 Å². The average molecular weight is 646 g/mol. The Balaban J connectivity index is 1.06. The summed E-state index contributed by atoms with van der Waals surface area (Å²) in [6.07, 6.45) is 3.81. The molecule has 5 heteroatoms. The molecule has 0 aliphatic heterocycles. The van der Waals surface area contributed by atoms with Crippen LogP contribution in [-0.4, -0.2) is 9.97 Å². The second-order valence-corrected chi connectivity index (χ2v) is 13.3. The van der Waals surface area contributed by atoms with Gasteiger partial charge in [-0.15, -0.1) is 11.3 Å². The lowest BCUT2D eigenvalue weighted by Crippen LogP contribution is -2.11. The number of hydrogen-bond donors (Lipinski definition) is 0. The highest BCUT2D eigenvalue weighted by Gasteiger charge is 2.17. The van der Waals surface area contributed by atoms with E-state index in [0.29, 0.717) is 0 Å². The number of para-hydroxylation sites is 1. The number of pyridine rings is 2. The SMILES string of the molecule is c1cc(N(c2ccc(-c3ccc4sc5ccccc5c4c3)cc2)c2ccc(-c3ccc4oc5ccccc5c4c3)nc2)c2cccnc2c1. The van der Waals surface area contributed by atoms with Crippen molar-refractivity contribution in [1.82, 2.24) is 9.97 Å². The minimum atomic E-state index is 0.879. The average Bonchev–Trinajstić information content (AvgIpc) is 3.73. The summed E-state index contributed by atoms with van der Waals surface area (Å²) in [5.41, 5.74) is 10.1. The number of fused-ring (bicyclic) bond motifs is 7. The van der Waals surface area contributed by atoms with Crippen LogP contribution in [0.4, 0.5) is 17.1 Å². The van der Waals surface area contributed by atoms with E-state index >= 15 is 0 Å². The molecule has 0 amide bonds. The fourth-order valence-corrected chi connectivity index (χ4v) is 8.08. The molecule has 0 saturated heterocycles. The lowest BCUT2D eigenvalue weighted by molar-refractivity contribution is 0.669. The summed E-state index contributed by atoms with van der Waals surface area (Å²) in [6.45, 7) is 0. The Labute approximate surface area is 286 Å². The number of benzene rings is 6. The van der Waals surface area contributed by atoms with Gasteiger partial charge in [-0.3, -0.25) is 9.97 Å². The molecule has 0 atom stereocenters. The molecular weight excluding hydrogens is 619 g/mol. The molecule has 49 heavy (non-hydrogen) atoms. The van der Waals surface area contributed by atoms with Crippen LogP contribution in [0.3, 0.4) is 0 Å². The predicted octanol–water partition coefficient (Wildman–Crippen LogP) is 12.7. The van der Waals surface area contributed by atoms with E-state index in [1.807, 2.05) is 54.1 Å². The molecule has 0 unspecified atom stereocenters. The first-order valence-electron chi connectivity index (χ1n) is 16.3. The van der Waals surface area contributed by atoms with Crippen molar-refractivity contribution in [2.24, 2.45) is 0 Å². The van der Waals surface area contributed by atoms with Crippen LogP contribution in [0.5, 0.6) is 0 Å². The fraction of sp³-hybridized carbons (Fsp3) is 0. The number of rotatable bonds is 5. The minimum absolute atomic E-state index is 0.879. The minimum Gasteiger partial charge on any atom is -0.456 e. The van der Waals surface area contributed by atoms with Crippen LogP contribution < -0.4 is 4.90 Å². The van der Waals surface area contributed by atoms with E-state index in [1.165, 1.54) is 31.3 Å². The molecule has 0 bridgehead atoms. The van der Waals surface area contributed by atoms with Gasteiger partial charge in [-0.2, -0.15) is 0 Å². The van der Waals surface area contributed by atoms with Gasteiger partial charge in [-0.05, 0) is 102 Å². The van der Waals surface area contributed by atoms with Gasteiger partial charge in [-0.1, -0.05) is 60.7 Å². The van der Waals surface area contributed by atoms with E-state index in [2.05, 4.69) is 131 Å². The lowest BCUT2D eigenvalue weighted by Gasteiger charge is -2.26. The van der Waals surface area contributed by atoms with Gasteiger partial charge in [0.1, 0.15) is 11.2 Å². The van der Waals surface area contributed by atoms with Crippen LogP contribution in [-0.2, 0) is 0 Å². The maximum atomic E-state index is 6.06. The van der Waals surface area contributed by atoms with E-state index in [0.717, 1.165) is 61.2 Å². The Morgan fingerprint density at radius 2 is 1.20 bits per heavy atom. The van der Waals surface area contributed by atoms with Gasteiger partial charge in [0.25, 0.3) is 0 Å². The van der Waals surface area contributed by atoms with Crippen molar-refractivity contribution in [1.29, 1.82) is 0 Å². The smallest absolute Gasteiger partial charge is 0.135 e. The summed E-state index contributed by atoms with van der Waals surface area (Å²) < 4.78 is 8.70. The molecular formula is C44H27N3OS. The molecule has 230 valence electrons. The van der Waals surface area contributed by atoms with Crippen LogP contribution in [0, 0.1) is 0 Å².